The Hall–Kier alpha value is -1.39. The molecule has 0 heterocycles. The molecule has 2 unspecified atom stereocenters. The first-order valence-electron chi connectivity index (χ1n) is 6.69. The van der Waals surface area contributed by atoms with E-state index in [1.807, 2.05) is 38.1 Å². The standard InChI is InChI=1S/C15H24N2O2/c1-4-9-15(3,16)14(19)17-10-13(18)12-8-6-5-7-11(12)2/h5-8,13,18H,4,9-10,16H2,1-3H3,(H,17,19). The van der Waals surface area contributed by atoms with Gasteiger partial charge in [-0.25, -0.2) is 0 Å². The van der Waals surface area contributed by atoms with E-state index in [1.54, 1.807) is 6.92 Å². The van der Waals surface area contributed by atoms with Gasteiger partial charge in [-0.15, -0.1) is 0 Å². The van der Waals surface area contributed by atoms with Gasteiger partial charge in [0.2, 0.25) is 5.91 Å². The highest BCUT2D eigenvalue weighted by molar-refractivity contribution is 5.85. The van der Waals surface area contributed by atoms with Gasteiger partial charge in [0.25, 0.3) is 0 Å². The third kappa shape index (κ3) is 4.33. The number of benzene rings is 1. The predicted octanol–water partition coefficient (Wildman–Crippen LogP) is 1.66. The van der Waals surface area contributed by atoms with Gasteiger partial charge >= 0.3 is 0 Å². The van der Waals surface area contributed by atoms with Gasteiger partial charge in [-0.3, -0.25) is 4.79 Å². The molecule has 1 aromatic rings. The van der Waals surface area contributed by atoms with Crippen molar-refractivity contribution in [2.45, 2.75) is 45.3 Å². The Morgan fingerprint density at radius 1 is 1.47 bits per heavy atom. The van der Waals surface area contributed by atoms with E-state index in [0.717, 1.165) is 17.5 Å². The molecule has 1 aromatic carbocycles. The predicted molar refractivity (Wildman–Crippen MR) is 76.6 cm³/mol. The van der Waals surface area contributed by atoms with Crippen LogP contribution >= 0.6 is 0 Å². The number of aryl methyl sites for hydroxylation is 1. The maximum atomic E-state index is 11.9. The lowest BCUT2D eigenvalue weighted by Gasteiger charge is -2.24. The first kappa shape index (κ1) is 15.7. The molecule has 0 aromatic heterocycles. The molecule has 0 aliphatic rings. The Kier molecular flexibility index (Phi) is 5.51. The molecule has 0 saturated heterocycles. The average Bonchev–Trinajstić information content (AvgIpc) is 2.36. The highest BCUT2D eigenvalue weighted by Gasteiger charge is 2.27. The van der Waals surface area contributed by atoms with Gasteiger partial charge in [0.15, 0.2) is 0 Å². The second-order valence-electron chi connectivity index (χ2n) is 5.25. The maximum Gasteiger partial charge on any atom is 0.239 e. The number of aliphatic hydroxyl groups excluding tert-OH is 1. The second kappa shape index (κ2) is 6.68. The molecule has 0 fully saturated rings. The van der Waals surface area contributed by atoms with Gasteiger partial charge in [-0.1, -0.05) is 37.6 Å². The Balaban J connectivity index is 2.58. The molecule has 4 N–H and O–H groups in total. The van der Waals surface area contributed by atoms with Gasteiger partial charge in [0.05, 0.1) is 11.6 Å². The Morgan fingerprint density at radius 3 is 2.68 bits per heavy atom. The van der Waals surface area contributed by atoms with E-state index in [1.165, 1.54) is 0 Å². The lowest BCUT2D eigenvalue weighted by atomic mass is 9.96. The van der Waals surface area contributed by atoms with E-state index in [2.05, 4.69) is 5.32 Å². The second-order valence-corrected chi connectivity index (χ2v) is 5.25. The van der Waals surface area contributed by atoms with Crippen LogP contribution in [0, 0.1) is 6.92 Å². The van der Waals surface area contributed by atoms with E-state index in [0.29, 0.717) is 6.42 Å². The summed E-state index contributed by atoms with van der Waals surface area (Å²) < 4.78 is 0. The molecule has 1 amide bonds. The van der Waals surface area contributed by atoms with E-state index >= 15 is 0 Å². The summed E-state index contributed by atoms with van der Waals surface area (Å²) in [5.41, 5.74) is 6.90. The minimum atomic E-state index is -0.875. The van der Waals surface area contributed by atoms with Gasteiger partial charge in [0, 0.05) is 6.54 Å². The first-order valence-corrected chi connectivity index (χ1v) is 6.69. The molecule has 0 aliphatic heterocycles. The summed E-state index contributed by atoms with van der Waals surface area (Å²) in [4.78, 5) is 11.9. The van der Waals surface area contributed by atoms with Crippen molar-refractivity contribution >= 4 is 5.91 Å². The molecular formula is C15H24N2O2. The third-order valence-corrected chi connectivity index (χ3v) is 3.29. The number of hydrogen-bond donors (Lipinski definition) is 3. The van der Waals surface area contributed by atoms with Crippen LogP contribution in [0.15, 0.2) is 24.3 Å². The van der Waals surface area contributed by atoms with Crippen LogP contribution in [0.1, 0.15) is 43.9 Å². The molecule has 4 heteroatoms. The van der Waals surface area contributed by atoms with Crippen LogP contribution in [-0.2, 0) is 4.79 Å². The number of carbonyl (C=O) groups excluding carboxylic acids is 1. The van der Waals surface area contributed by atoms with Crippen LogP contribution in [0.3, 0.4) is 0 Å². The molecule has 0 radical (unpaired) electrons. The molecular weight excluding hydrogens is 240 g/mol. The molecule has 19 heavy (non-hydrogen) atoms. The highest BCUT2D eigenvalue weighted by Crippen LogP contribution is 2.16. The maximum absolute atomic E-state index is 11.9. The zero-order valence-corrected chi connectivity index (χ0v) is 11.9. The highest BCUT2D eigenvalue weighted by atomic mass is 16.3. The lowest BCUT2D eigenvalue weighted by molar-refractivity contribution is -0.126. The largest absolute Gasteiger partial charge is 0.387 e. The topological polar surface area (TPSA) is 75.4 Å². The fourth-order valence-electron chi connectivity index (χ4n) is 2.09. The van der Waals surface area contributed by atoms with Crippen LogP contribution in [-0.4, -0.2) is 23.1 Å². The van der Waals surface area contributed by atoms with Crippen molar-refractivity contribution in [3.63, 3.8) is 0 Å². The molecule has 0 spiro atoms. The smallest absolute Gasteiger partial charge is 0.239 e. The zero-order valence-electron chi connectivity index (χ0n) is 11.9. The van der Waals surface area contributed by atoms with Gasteiger partial charge in [0.1, 0.15) is 0 Å². The molecule has 1 rings (SSSR count). The summed E-state index contributed by atoms with van der Waals surface area (Å²) in [5.74, 6) is -0.220. The summed E-state index contributed by atoms with van der Waals surface area (Å²) in [5, 5.41) is 12.8. The van der Waals surface area contributed by atoms with Gasteiger partial charge in [-0.05, 0) is 31.4 Å². The van der Waals surface area contributed by atoms with E-state index in [-0.39, 0.29) is 12.5 Å². The molecule has 106 valence electrons. The van der Waals surface area contributed by atoms with Crippen LogP contribution in [0.2, 0.25) is 0 Å². The molecule has 0 aliphatic carbocycles. The van der Waals surface area contributed by atoms with E-state index in [9.17, 15) is 9.90 Å². The Bertz CT molecular complexity index is 430. The van der Waals surface area contributed by atoms with Crippen molar-refractivity contribution in [1.82, 2.24) is 5.32 Å². The van der Waals surface area contributed by atoms with Crippen molar-refractivity contribution in [3.8, 4) is 0 Å². The van der Waals surface area contributed by atoms with E-state index in [4.69, 9.17) is 5.73 Å². The van der Waals surface area contributed by atoms with Crippen molar-refractivity contribution in [1.29, 1.82) is 0 Å². The quantitative estimate of drug-likeness (QED) is 0.731. The molecule has 0 bridgehead atoms. The molecule has 2 atom stereocenters. The number of nitrogens with two attached hydrogens (primary N) is 1. The van der Waals surface area contributed by atoms with Crippen LogP contribution in [0.4, 0.5) is 0 Å². The number of rotatable bonds is 6. The van der Waals surface area contributed by atoms with Gasteiger partial charge < -0.3 is 16.2 Å². The Labute approximate surface area is 115 Å². The van der Waals surface area contributed by atoms with E-state index < -0.39 is 11.6 Å². The van der Waals surface area contributed by atoms with Crippen LogP contribution in [0.5, 0.6) is 0 Å². The first-order chi connectivity index (χ1) is 8.88. The van der Waals surface area contributed by atoms with Crippen molar-refractivity contribution in [2.75, 3.05) is 6.54 Å². The Morgan fingerprint density at radius 2 is 2.11 bits per heavy atom. The number of carbonyl (C=O) groups is 1. The minimum Gasteiger partial charge on any atom is -0.387 e. The fraction of sp³-hybridized carbons (Fsp3) is 0.533. The summed E-state index contributed by atoms with van der Waals surface area (Å²) >= 11 is 0. The fourth-order valence-corrected chi connectivity index (χ4v) is 2.09. The van der Waals surface area contributed by atoms with Crippen LogP contribution in [0.25, 0.3) is 0 Å². The SMILES string of the molecule is CCCC(C)(N)C(=O)NCC(O)c1ccccc1C. The monoisotopic (exact) mass is 264 g/mol. The van der Waals surface area contributed by atoms with Gasteiger partial charge in [-0.2, -0.15) is 0 Å². The summed E-state index contributed by atoms with van der Waals surface area (Å²) in [6, 6.07) is 7.59. The van der Waals surface area contributed by atoms with Crippen molar-refractivity contribution in [2.24, 2.45) is 5.73 Å². The average molecular weight is 264 g/mol. The number of nitrogens with one attached hydrogen (secondary N) is 1. The molecule has 4 nitrogen and oxygen atoms in total. The minimum absolute atomic E-state index is 0.181. The summed E-state index contributed by atoms with van der Waals surface area (Å²) in [6.07, 6.45) is 0.766. The zero-order chi connectivity index (χ0) is 14.5. The van der Waals surface area contributed by atoms with Crippen molar-refractivity contribution in [3.05, 3.63) is 35.4 Å². The third-order valence-electron chi connectivity index (χ3n) is 3.29. The normalized spacial score (nSPS) is 15.6. The number of aliphatic hydroxyl groups is 1. The molecule has 0 saturated carbocycles. The number of hydrogen-bond acceptors (Lipinski definition) is 3. The van der Waals surface area contributed by atoms with Crippen molar-refractivity contribution < 1.29 is 9.90 Å². The lowest BCUT2D eigenvalue weighted by Crippen LogP contribution is -2.52. The number of amides is 1. The summed E-state index contributed by atoms with van der Waals surface area (Å²) in [7, 11) is 0. The summed E-state index contributed by atoms with van der Waals surface area (Å²) in [6.45, 7) is 5.82. The van der Waals surface area contributed by atoms with Crippen LogP contribution < -0.4 is 11.1 Å².